The molecule has 4 aliphatic rings. The molecule has 89 heavy (non-hydrogen) atoms. The van der Waals surface area contributed by atoms with Crippen LogP contribution in [-0.2, 0) is 36.9 Å². The molecule has 10 heteroatoms. The molecule has 3 aliphatic heterocycles. The maximum Gasteiger partial charge on any atom is 0.207 e. The van der Waals surface area contributed by atoms with Crippen LogP contribution in [0.2, 0.25) is 0 Å². The number of hydrogen-bond donors (Lipinski definition) is 0. The van der Waals surface area contributed by atoms with Gasteiger partial charge >= 0.3 is 0 Å². The van der Waals surface area contributed by atoms with Crippen LogP contribution in [0.3, 0.4) is 0 Å². The summed E-state index contributed by atoms with van der Waals surface area (Å²) in [7, 11) is -7.13. The molecule has 14 aromatic rings. The molecule has 0 radical (unpaired) electrons. The highest BCUT2D eigenvalue weighted by atomic mass is 79.9. The molecule has 18 rings (SSSR count). The van der Waals surface area contributed by atoms with Gasteiger partial charge in [0.2, 0.25) is 19.7 Å². The maximum absolute atomic E-state index is 13.8. The largest absolute Gasteiger partial charge is 0.310 e. The first-order chi connectivity index (χ1) is 43.1. The molecule has 0 spiro atoms. The van der Waals surface area contributed by atoms with Gasteiger partial charge in [-0.2, -0.15) is 0 Å². The van der Waals surface area contributed by atoms with Crippen molar-refractivity contribution in [3.05, 3.63) is 305 Å². The minimum atomic E-state index is -3.65. The van der Waals surface area contributed by atoms with Gasteiger partial charge in [0.25, 0.3) is 0 Å². The Bertz CT molecular complexity index is 5360. The van der Waals surface area contributed by atoms with Crippen molar-refractivity contribution in [2.75, 3.05) is 4.90 Å². The van der Waals surface area contributed by atoms with Crippen LogP contribution >= 0.6 is 15.9 Å². The van der Waals surface area contributed by atoms with Crippen LogP contribution in [0, 0.1) is 0 Å². The Hall–Kier alpha value is -9.58. The molecule has 12 aromatic carbocycles. The van der Waals surface area contributed by atoms with Gasteiger partial charge in [0.1, 0.15) is 0 Å². The van der Waals surface area contributed by atoms with E-state index in [2.05, 4.69) is 221 Å². The minimum absolute atomic E-state index is 0.144. The average molecular weight is 1260 g/mol. The molecular weight excluding hydrogens is 1200 g/mol. The second-order valence-electron chi connectivity index (χ2n) is 24.5. The first-order valence-corrected chi connectivity index (χ1v) is 33.7. The molecule has 7 nitrogen and oxygen atoms in total. The zero-order chi connectivity index (χ0) is 60.7. The fourth-order valence-corrected chi connectivity index (χ4v) is 18.4. The standard InChI is InChI=1S/C39H28N2O2S.C24H14BrNO2S.C16H16/c1-39(2)31-13-5-9-17-35(31)41(36-18-10-6-14-32(36)39)26-20-22-38-30(24-26)29-23-25(19-21-37(29)44(38,42)43)40-33-15-7-3-11-27(33)28-12-4-8-16-34(28)40;25-15-9-11-23-19(13-15)20-14-16(10-12-24(20)29(23,27)28)26-21-7-3-1-5-17(21)18-6-2-4-8-22(18)26;1-16(2)14-9-5-3-7-12(14)11-13-8-4-6-10-15(13)16/h3-24H,1-2H3;1-14H;3-10H,11H2,1-2H3. The summed E-state index contributed by atoms with van der Waals surface area (Å²) < 4.78 is 59.0. The number of fused-ring (bicyclic) bond motifs is 16. The van der Waals surface area contributed by atoms with Gasteiger partial charge in [-0.25, -0.2) is 16.8 Å². The topological polar surface area (TPSA) is 81.4 Å². The number of rotatable bonds is 3. The summed E-state index contributed by atoms with van der Waals surface area (Å²) in [5.41, 5.74) is 20.7. The van der Waals surface area contributed by atoms with Gasteiger partial charge < -0.3 is 14.0 Å². The van der Waals surface area contributed by atoms with Crippen molar-refractivity contribution in [3.63, 3.8) is 0 Å². The summed E-state index contributed by atoms with van der Waals surface area (Å²) in [6, 6.07) is 90.5. The van der Waals surface area contributed by atoms with Crippen LogP contribution in [0.15, 0.2) is 291 Å². The van der Waals surface area contributed by atoms with Crippen LogP contribution < -0.4 is 4.90 Å². The fraction of sp³-hybridized carbons (Fsp3) is 0.0886. The second-order valence-corrected chi connectivity index (χ2v) is 29.2. The first kappa shape index (κ1) is 54.8. The number of benzene rings is 12. The second kappa shape index (κ2) is 20.2. The lowest BCUT2D eigenvalue weighted by Gasteiger charge is -2.42. The van der Waals surface area contributed by atoms with E-state index in [0.29, 0.717) is 19.6 Å². The van der Waals surface area contributed by atoms with Crippen LogP contribution in [0.4, 0.5) is 17.1 Å². The molecule has 0 saturated carbocycles. The SMILES string of the molecule is CC1(C)c2ccccc2Cc2ccccc21.CC1(C)c2ccccc2N(c2ccc3c(c2)-c2cc(-n4c5ccccc5c5ccccc54)ccc2S3(=O)=O)c2ccccc21.O=S1(=O)c2ccc(Br)cc2-c2cc(-n3c4ccccc4c4ccccc43)ccc21. The molecular formula is C79H58BrN3O4S2. The molecule has 0 unspecified atom stereocenters. The number of sulfone groups is 2. The Morgan fingerprint density at radius 1 is 0.326 bits per heavy atom. The summed E-state index contributed by atoms with van der Waals surface area (Å²) >= 11 is 3.48. The van der Waals surface area contributed by atoms with Crippen molar-refractivity contribution in [3.8, 4) is 33.6 Å². The quantitative estimate of drug-likeness (QED) is 0.176. The third-order valence-corrected chi connectivity index (χ3v) is 23.1. The van der Waals surface area contributed by atoms with E-state index in [0.717, 1.165) is 83.7 Å². The predicted octanol–water partition coefficient (Wildman–Crippen LogP) is 20.0. The highest BCUT2D eigenvalue weighted by molar-refractivity contribution is 9.10. The maximum atomic E-state index is 13.8. The summed E-state index contributed by atoms with van der Waals surface area (Å²) in [6.45, 7) is 9.18. The van der Waals surface area contributed by atoms with Crippen LogP contribution in [0.1, 0.15) is 61.1 Å². The highest BCUT2D eigenvalue weighted by Crippen LogP contribution is 2.54. The monoisotopic (exact) mass is 1260 g/mol. The molecule has 5 heterocycles. The van der Waals surface area contributed by atoms with Gasteiger partial charge in [-0.15, -0.1) is 0 Å². The molecule has 0 amide bonds. The predicted molar refractivity (Wildman–Crippen MR) is 366 cm³/mol. The van der Waals surface area contributed by atoms with Crippen molar-refractivity contribution in [1.29, 1.82) is 0 Å². The van der Waals surface area contributed by atoms with Gasteiger partial charge in [-0.05, 0) is 149 Å². The Kier molecular flexibility index (Phi) is 12.5. The molecule has 0 fully saturated rings. The van der Waals surface area contributed by atoms with E-state index in [1.165, 1.54) is 54.9 Å². The van der Waals surface area contributed by atoms with Gasteiger partial charge in [-0.3, -0.25) is 0 Å². The number of halogens is 1. The number of nitrogens with zero attached hydrogens (tertiary/aromatic N) is 3. The Morgan fingerprint density at radius 3 is 1.04 bits per heavy atom. The van der Waals surface area contributed by atoms with Crippen LogP contribution in [-0.4, -0.2) is 26.0 Å². The molecule has 0 atom stereocenters. The van der Waals surface area contributed by atoms with Crippen LogP contribution in [0.5, 0.6) is 0 Å². The van der Waals surface area contributed by atoms with Gasteiger partial charge in [0, 0.05) is 76.2 Å². The number of aromatic nitrogens is 2. The number of anilines is 3. The smallest absolute Gasteiger partial charge is 0.207 e. The normalized spacial score (nSPS) is 15.3. The van der Waals surface area contributed by atoms with E-state index in [1.807, 2.05) is 72.8 Å². The molecule has 0 bridgehead atoms. The van der Waals surface area contributed by atoms with Crippen molar-refractivity contribution < 1.29 is 16.8 Å². The van der Waals surface area contributed by atoms with Crippen LogP contribution in [0.25, 0.3) is 77.2 Å². The van der Waals surface area contributed by atoms with Crippen molar-refractivity contribution in [1.82, 2.24) is 9.13 Å². The Labute approximate surface area is 526 Å². The highest BCUT2D eigenvalue weighted by Gasteiger charge is 2.39. The lowest BCUT2D eigenvalue weighted by Crippen LogP contribution is -2.30. The van der Waals surface area contributed by atoms with Crippen molar-refractivity contribution >= 4 is 96.3 Å². The fourth-order valence-electron chi connectivity index (χ4n) is 14.8. The zero-order valence-corrected chi connectivity index (χ0v) is 52.5. The van der Waals surface area contributed by atoms with E-state index in [-0.39, 0.29) is 10.8 Å². The Balaban J connectivity index is 0.000000120. The van der Waals surface area contributed by atoms with Crippen molar-refractivity contribution in [2.45, 2.75) is 64.5 Å². The Morgan fingerprint density at radius 2 is 0.629 bits per heavy atom. The third kappa shape index (κ3) is 8.33. The molecule has 0 N–H and O–H groups in total. The number of hydrogen-bond acceptors (Lipinski definition) is 5. The first-order valence-electron chi connectivity index (χ1n) is 30.0. The summed E-state index contributed by atoms with van der Waals surface area (Å²) in [5, 5.41) is 4.70. The lowest BCUT2D eigenvalue weighted by molar-refractivity contribution is 0.597. The van der Waals surface area contributed by atoms with E-state index >= 15 is 0 Å². The van der Waals surface area contributed by atoms with E-state index in [1.54, 1.807) is 30.3 Å². The summed E-state index contributed by atoms with van der Waals surface area (Å²) in [5.74, 6) is 0. The van der Waals surface area contributed by atoms with Gasteiger partial charge in [0.05, 0.1) is 53.0 Å². The molecule has 432 valence electrons. The van der Waals surface area contributed by atoms with E-state index in [9.17, 15) is 16.8 Å². The summed E-state index contributed by atoms with van der Waals surface area (Å²) in [6.07, 6.45) is 1.08. The lowest BCUT2D eigenvalue weighted by atomic mass is 9.69. The minimum Gasteiger partial charge on any atom is -0.310 e. The van der Waals surface area contributed by atoms with Gasteiger partial charge in [0.15, 0.2) is 0 Å². The van der Waals surface area contributed by atoms with E-state index in [4.69, 9.17) is 0 Å². The number of para-hydroxylation sites is 6. The molecule has 1 aliphatic carbocycles. The average Bonchev–Trinajstić information content (AvgIpc) is 1.74. The van der Waals surface area contributed by atoms with Crippen molar-refractivity contribution in [2.24, 2.45) is 0 Å². The van der Waals surface area contributed by atoms with E-state index < -0.39 is 19.7 Å². The molecule has 0 saturated heterocycles. The summed E-state index contributed by atoms with van der Waals surface area (Å²) in [4.78, 5) is 3.73. The van der Waals surface area contributed by atoms with Gasteiger partial charge in [-0.1, -0.05) is 201 Å². The third-order valence-electron chi connectivity index (χ3n) is 18.9. The zero-order valence-electron chi connectivity index (χ0n) is 49.3. The molecule has 2 aromatic heterocycles.